The highest BCUT2D eigenvalue weighted by molar-refractivity contribution is 5.97. The maximum atomic E-state index is 12.6. The summed E-state index contributed by atoms with van der Waals surface area (Å²) < 4.78 is 46.0. The van der Waals surface area contributed by atoms with E-state index in [-0.39, 0.29) is 29.8 Å². The van der Waals surface area contributed by atoms with Gasteiger partial charge in [0.15, 0.2) is 0 Å². The number of alkyl halides is 3. The van der Waals surface area contributed by atoms with Crippen molar-refractivity contribution in [3.8, 4) is 17.1 Å². The molecule has 1 amide bonds. The van der Waals surface area contributed by atoms with E-state index in [0.717, 1.165) is 16.8 Å². The molecule has 4 rings (SSSR count). The van der Waals surface area contributed by atoms with Gasteiger partial charge in [-0.25, -0.2) is 0 Å². The normalized spacial score (nSPS) is 16.9. The van der Waals surface area contributed by atoms with Gasteiger partial charge in [0, 0.05) is 24.2 Å². The number of rotatable bonds is 4. The second kappa shape index (κ2) is 7.47. The van der Waals surface area contributed by atoms with Crippen LogP contribution in [0.5, 0.6) is 5.75 Å². The number of anilines is 1. The lowest BCUT2D eigenvalue weighted by Gasteiger charge is -2.19. The van der Waals surface area contributed by atoms with Crippen molar-refractivity contribution in [3.63, 3.8) is 0 Å². The zero-order valence-electron chi connectivity index (χ0n) is 16.2. The molecule has 30 heavy (non-hydrogen) atoms. The van der Waals surface area contributed by atoms with Crippen molar-refractivity contribution in [3.05, 3.63) is 59.5 Å². The molecule has 1 unspecified atom stereocenters. The lowest BCUT2D eigenvalue weighted by atomic mass is 10.1. The fourth-order valence-electron chi connectivity index (χ4n) is 3.46. The van der Waals surface area contributed by atoms with Gasteiger partial charge in [-0.3, -0.25) is 4.79 Å². The molecule has 3 aromatic rings. The molecule has 2 heterocycles. The Kier molecular flexibility index (Phi) is 4.97. The van der Waals surface area contributed by atoms with Gasteiger partial charge >= 0.3 is 6.36 Å². The smallest absolute Gasteiger partial charge is 0.406 e. The second-order valence-corrected chi connectivity index (χ2v) is 7.15. The molecular weight excluding hydrogens is 399 g/mol. The number of halogens is 3. The largest absolute Gasteiger partial charge is 0.573 e. The van der Waals surface area contributed by atoms with Gasteiger partial charge in [0.05, 0.1) is 5.92 Å². The third-order valence-corrected chi connectivity index (χ3v) is 5.13. The van der Waals surface area contributed by atoms with Crippen molar-refractivity contribution in [2.45, 2.75) is 32.5 Å². The topological polar surface area (TPSA) is 68.5 Å². The van der Waals surface area contributed by atoms with Gasteiger partial charge in [-0.05, 0) is 55.3 Å². The van der Waals surface area contributed by atoms with Crippen molar-refractivity contribution in [1.29, 1.82) is 0 Å². The fourth-order valence-corrected chi connectivity index (χ4v) is 3.46. The van der Waals surface area contributed by atoms with E-state index < -0.39 is 6.36 Å². The molecule has 0 spiro atoms. The number of hydrogen-bond donors (Lipinski definition) is 0. The van der Waals surface area contributed by atoms with Gasteiger partial charge in [-0.1, -0.05) is 17.3 Å². The number of ether oxygens (including phenoxy) is 1. The van der Waals surface area contributed by atoms with Gasteiger partial charge in [-0.2, -0.15) is 4.98 Å². The molecule has 0 saturated carbocycles. The number of aryl methyl sites for hydroxylation is 1. The molecule has 156 valence electrons. The molecule has 6 nitrogen and oxygen atoms in total. The van der Waals surface area contributed by atoms with Crippen molar-refractivity contribution in [1.82, 2.24) is 10.1 Å². The van der Waals surface area contributed by atoms with E-state index in [4.69, 9.17) is 4.52 Å². The Labute approximate surface area is 170 Å². The Morgan fingerprint density at radius 3 is 2.57 bits per heavy atom. The van der Waals surface area contributed by atoms with E-state index in [1.807, 2.05) is 32.0 Å². The molecule has 0 bridgehead atoms. The summed E-state index contributed by atoms with van der Waals surface area (Å²) in [6.45, 7) is 4.39. The molecule has 1 fully saturated rings. The maximum absolute atomic E-state index is 12.6. The maximum Gasteiger partial charge on any atom is 0.573 e. The number of benzene rings is 2. The molecule has 9 heteroatoms. The predicted octanol–water partition coefficient (Wildman–Crippen LogP) is 4.77. The molecule has 1 aliphatic heterocycles. The van der Waals surface area contributed by atoms with Crippen molar-refractivity contribution < 1.29 is 27.2 Å². The Balaban J connectivity index is 1.51. The highest BCUT2D eigenvalue weighted by atomic mass is 19.4. The van der Waals surface area contributed by atoms with Gasteiger partial charge < -0.3 is 14.2 Å². The average molecular weight is 417 g/mol. The third kappa shape index (κ3) is 4.00. The van der Waals surface area contributed by atoms with Crippen LogP contribution in [0.15, 0.2) is 47.0 Å². The Morgan fingerprint density at radius 2 is 1.87 bits per heavy atom. The first kappa shape index (κ1) is 19.9. The number of aromatic nitrogens is 2. The fraction of sp³-hybridized carbons (Fsp3) is 0.286. The van der Waals surface area contributed by atoms with E-state index in [1.165, 1.54) is 24.3 Å². The zero-order chi connectivity index (χ0) is 21.5. The average Bonchev–Trinajstić information content (AvgIpc) is 3.30. The Bertz CT molecular complexity index is 1080. The van der Waals surface area contributed by atoms with E-state index in [2.05, 4.69) is 14.9 Å². The van der Waals surface area contributed by atoms with Crippen LogP contribution >= 0.6 is 0 Å². The summed E-state index contributed by atoms with van der Waals surface area (Å²) in [6, 6.07) is 11.0. The molecule has 1 aliphatic rings. The monoisotopic (exact) mass is 417 g/mol. The predicted molar refractivity (Wildman–Crippen MR) is 102 cm³/mol. The van der Waals surface area contributed by atoms with Crippen LogP contribution in [0.4, 0.5) is 18.9 Å². The number of hydrogen-bond acceptors (Lipinski definition) is 5. The number of carbonyl (C=O) groups is 1. The lowest BCUT2D eigenvalue weighted by Crippen LogP contribution is -2.25. The second-order valence-electron chi connectivity index (χ2n) is 7.15. The van der Waals surface area contributed by atoms with Crippen molar-refractivity contribution in [2.75, 3.05) is 11.4 Å². The van der Waals surface area contributed by atoms with E-state index in [9.17, 15) is 18.0 Å². The number of nitrogens with zero attached hydrogens (tertiary/aromatic N) is 3. The Hall–Kier alpha value is -3.36. The highest BCUT2D eigenvalue weighted by Crippen LogP contribution is 2.34. The van der Waals surface area contributed by atoms with Crippen LogP contribution in [0, 0.1) is 13.8 Å². The van der Waals surface area contributed by atoms with Crippen LogP contribution in [0.25, 0.3) is 11.4 Å². The summed E-state index contributed by atoms with van der Waals surface area (Å²) >= 11 is 0. The molecule has 1 atom stereocenters. The summed E-state index contributed by atoms with van der Waals surface area (Å²) in [5.74, 6) is -0.0582. The quantitative estimate of drug-likeness (QED) is 0.612. The first-order valence-electron chi connectivity index (χ1n) is 9.27. The first-order valence-corrected chi connectivity index (χ1v) is 9.27. The first-order chi connectivity index (χ1) is 14.2. The van der Waals surface area contributed by atoms with Crippen molar-refractivity contribution >= 4 is 11.6 Å². The van der Waals surface area contributed by atoms with Gasteiger partial charge in [0.1, 0.15) is 5.75 Å². The van der Waals surface area contributed by atoms with Crippen LogP contribution in [0.3, 0.4) is 0 Å². The standard InChI is InChI=1S/C21H18F3N3O3/c1-12-4-3-5-17(13(12)2)27-11-15(10-18(27)28)20-25-19(26-30-20)14-6-8-16(9-7-14)29-21(22,23)24/h3-9,15H,10-11H2,1-2H3. The third-order valence-electron chi connectivity index (χ3n) is 5.13. The number of carbonyl (C=O) groups excluding carboxylic acids is 1. The van der Waals surface area contributed by atoms with Crippen LogP contribution in [-0.4, -0.2) is 29.0 Å². The van der Waals surface area contributed by atoms with E-state index in [1.54, 1.807) is 4.90 Å². The molecular formula is C21H18F3N3O3. The van der Waals surface area contributed by atoms with Crippen molar-refractivity contribution in [2.24, 2.45) is 0 Å². The summed E-state index contributed by atoms with van der Waals surface area (Å²) in [7, 11) is 0. The van der Waals surface area contributed by atoms with Crippen LogP contribution in [0.1, 0.15) is 29.4 Å². The minimum atomic E-state index is -4.75. The molecule has 0 N–H and O–H groups in total. The van der Waals surface area contributed by atoms with Crippen LogP contribution in [-0.2, 0) is 4.79 Å². The van der Waals surface area contributed by atoms with E-state index >= 15 is 0 Å². The molecule has 0 radical (unpaired) electrons. The molecule has 1 saturated heterocycles. The minimum absolute atomic E-state index is 0.0258. The van der Waals surface area contributed by atoms with Crippen LogP contribution < -0.4 is 9.64 Å². The SMILES string of the molecule is Cc1cccc(N2CC(c3nc(-c4ccc(OC(F)(F)F)cc4)no3)CC2=O)c1C. The zero-order valence-corrected chi connectivity index (χ0v) is 16.2. The Morgan fingerprint density at radius 1 is 1.13 bits per heavy atom. The number of amides is 1. The van der Waals surface area contributed by atoms with E-state index in [0.29, 0.717) is 18.0 Å². The highest BCUT2D eigenvalue weighted by Gasteiger charge is 2.36. The summed E-state index contributed by atoms with van der Waals surface area (Å²) in [5, 5.41) is 3.91. The summed E-state index contributed by atoms with van der Waals surface area (Å²) in [6.07, 6.45) is -4.51. The summed E-state index contributed by atoms with van der Waals surface area (Å²) in [4.78, 5) is 18.7. The molecule has 1 aromatic heterocycles. The molecule has 0 aliphatic carbocycles. The molecule has 2 aromatic carbocycles. The van der Waals surface area contributed by atoms with Gasteiger partial charge in [-0.15, -0.1) is 13.2 Å². The lowest BCUT2D eigenvalue weighted by molar-refractivity contribution is -0.274. The van der Waals surface area contributed by atoms with Crippen LogP contribution in [0.2, 0.25) is 0 Å². The van der Waals surface area contributed by atoms with Gasteiger partial charge in [0.2, 0.25) is 17.6 Å². The van der Waals surface area contributed by atoms with Gasteiger partial charge in [0.25, 0.3) is 0 Å². The minimum Gasteiger partial charge on any atom is -0.406 e. The summed E-state index contributed by atoms with van der Waals surface area (Å²) in [5.41, 5.74) is 3.48.